The fourth-order valence-electron chi connectivity index (χ4n) is 3.24. The maximum absolute atomic E-state index is 12.1. The number of rotatable bonds is 2. The molecule has 1 atom stereocenters. The van der Waals surface area contributed by atoms with Crippen LogP contribution in [-0.4, -0.2) is 24.2 Å². The topological polar surface area (TPSA) is 53.2 Å². The Morgan fingerprint density at radius 3 is 2.57 bits per heavy atom. The van der Waals surface area contributed by atoms with Crippen LogP contribution in [0.2, 0.25) is 10.0 Å². The monoisotopic (exact) mass is 327 g/mol. The molecule has 1 saturated carbocycles. The Labute approximate surface area is 134 Å². The Kier molecular flexibility index (Phi) is 4.29. The summed E-state index contributed by atoms with van der Waals surface area (Å²) in [7, 11) is 0. The summed E-state index contributed by atoms with van der Waals surface area (Å²) in [5.74, 6) is 0. The number of carbonyl (C=O) groups excluding carboxylic acids is 1. The second kappa shape index (κ2) is 6.03. The van der Waals surface area contributed by atoms with Gasteiger partial charge in [0.1, 0.15) is 0 Å². The molecule has 0 radical (unpaired) electrons. The van der Waals surface area contributed by atoms with Gasteiger partial charge in [-0.3, -0.25) is 0 Å². The lowest BCUT2D eigenvalue weighted by Gasteiger charge is -2.48. The van der Waals surface area contributed by atoms with Crippen molar-refractivity contribution in [1.82, 2.24) is 10.6 Å². The van der Waals surface area contributed by atoms with E-state index in [-0.39, 0.29) is 17.6 Å². The zero-order valence-electron chi connectivity index (χ0n) is 11.7. The summed E-state index contributed by atoms with van der Waals surface area (Å²) in [6.45, 7) is 0.966. The third-order valence-electron chi connectivity index (χ3n) is 4.40. The highest BCUT2D eigenvalue weighted by Gasteiger charge is 2.41. The number of urea groups is 1. The zero-order valence-corrected chi connectivity index (χ0v) is 13.2. The minimum atomic E-state index is -0.199. The fraction of sp³-hybridized carbons (Fsp3) is 0.533. The average molecular weight is 328 g/mol. The number of halogens is 2. The smallest absolute Gasteiger partial charge is 0.319 e. The molecule has 114 valence electrons. The maximum atomic E-state index is 12.1. The third kappa shape index (κ3) is 3.62. The van der Waals surface area contributed by atoms with Gasteiger partial charge in [0.05, 0.1) is 0 Å². The Morgan fingerprint density at radius 1 is 1.24 bits per heavy atom. The fourth-order valence-corrected chi connectivity index (χ4v) is 3.77. The van der Waals surface area contributed by atoms with Crippen LogP contribution >= 0.6 is 23.2 Å². The van der Waals surface area contributed by atoms with Crippen molar-refractivity contribution in [2.75, 3.05) is 11.9 Å². The summed E-state index contributed by atoms with van der Waals surface area (Å²) in [5.41, 5.74) is 0.882. The molecule has 2 fully saturated rings. The zero-order chi connectivity index (χ0) is 14.9. The molecule has 0 bridgehead atoms. The highest BCUT2D eigenvalue weighted by atomic mass is 35.5. The quantitative estimate of drug-likeness (QED) is 0.774. The maximum Gasteiger partial charge on any atom is 0.319 e. The molecule has 2 aliphatic rings. The predicted molar refractivity (Wildman–Crippen MR) is 86.2 cm³/mol. The average Bonchev–Trinajstić information content (AvgIpc) is 2.35. The Hall–Kier alpha value is -0.970. The molecule has 1 saturated heterocycles. The number of carbonyl (C=O) groups is 1. The van der Waals surface area contributed by atoms with Crippen LogP contribution in [0, 0.1) is 0 Å². The van der Waals surface area contributed by atoms with Gasteiger partial charge in [0, 0.05) is 27.3 Å². The van der Waals surface area contributed by atoms with Crippen molar-refractivity contribution in [3.63, 3.8) is 0 Å². The van der Waals surface area contributed by atoms with Crippen molar-refractivity contribution in [2.45, 2.75) is 43.7 Å². The number of anilines is 1. The second-order valence-corrected chi connectivity index (χ2v) is 6.88. The van der Waals surface area contributed by atoms with Crippen LogP contribution < -0.4 is 16.0 Å². The van der Waals surface area contributed by atoms with Gasteiger partial charge in [-0.15, -0.1) is 0 Å². The van der Waals surface area contributed by atoms with Crippen LogP contribution in [0.4, 0.5) is 10.5 Å². The van der Waals surface area contributed by atoms with E-state index in [1.165, 1.54) is 19.3 Å². The first-order valence-electron chi connectivity index (χ1n) is 7.33. The summed E-state index contributed by atoms with van der Waals surface area (Å²) in [4.78, 5) is 12.1. The first kappa shape index (κ1) is 14.9. The van der Waals surface area contributed by atoms with Crippen molar-refractivity contribution in [2.24, 2.45) is 0 Å². The van der Waals surface area contributed by atoms with Crippen LogP contribution in [0.3, 0.4) is 0 Å². The number of hydrogen-bond acceptors (Lipinski definition) is 2. The first-order valence-corrected chi connectivity index (χ1v) is 8.09. The standard InChI is InChI=1S/C15H19Cl2N3O/c16-10-6-11(17)8-13(7-10)20-14(21)19-12-2-5-18-15(9-12)3-1-4-15/h6-8,12,18H,1-5,9H2,(H2,19,20,21). The van der Waals surface area contributed by atoms with E-state index in [4.69, 9.17) is 23.2 Å². The Bertz CT molecular complexity index is 525. The number of hydrogen-bond donors (Lipinski definition) is 3. The molecular weight excluding hydrogens is 309 g/mol. The number of benzene rings is 1. The Morgan fingerprint density at radius 2 is 1.95 bits per heavy atom. The summed E-state index contributed by atoms with van der Waals surface area (Å²) < 4.78 is 0. The van der Waals surface area contributed by atoms with Crippen molar-refractivity contribution in [1.29, 1.82) is 0 Å². The number of nitrogens with one attached hydrogen (secondary N) is 3. The van der Waals surface area contributed by atoms with E-state index in [1.54, 1.807) is 18.2 Å². The molecule has 1 aromatic rings. The molecule has 1 aliphatic heterocycles. The third-order valence-corrected chi connectivity index (χ3v) is 4.83. The van der Waals surface area contributed by atoms with Gasteiger partial charge in [0.25, 0.3) is 0 Å². The van der Waals surface area contributed by atoms with Gasteiger partial charge in [-0.2, -0.15) is 0 Å². The molecule has 1 heterocycles. The lowest BCUT2D eigenvalue weighted by Crippen LogP contribution is -2.60. The molecule has 1 unspecified atom stereocenters. The molecule has 3 N–H and O–H groups in total. The van der Waals surface area contributed by atoms with Gasteiger partial charge in [-0.25, -0.2) is 4.79 Å². The van der Waals surface area contributed by atoms with E-state index in [0.29, 0.717) is 15.7 Å². The summed E-state index contributed by atoms with van der Waals surface area (Å²) in [5, 5.41) is 10.5. The van der Waals surface area contributed by atoms with Gasteiger partial charge in [0.15, 0.2) is 0 Å². The number of piperidine rings is 1. The normalized spacial score (nSPS) is 23.4. The minimum Gasteiger partial charge on any atom is -0.335 e. The molecule has 1 aromatic carbocycles. The van der Waals surface area contributed by atoms with Gasteiger partial charge < -0.3 is 16.0 Å². The minimum absolute atomic E-state index is 0.199. The Balaban J connectivity index is 1.56. The molecule has 4 nitrogen and oxygen atoms in total. The molecule has 2 amide bonds. The van der Waals surface area contributed by atoms with E-state index in [2.05, 4.69) is 16.0 Å². The van der Waals surface area contributed by atoms with Crippen molar-refractivity contribution in [3.8, 4) is 0 Å². The van der Waals surface area contributed by atoms with Crippen LogP contribution in [-0.2, 0) is 0 Å². The van der Waals surface area contributed by atoms with E-state index >= 15 is 0 Å². The lowest BCUT2D eigenvalue weighted by molar-refractivity contribution is 0.122. The molecule has 1 aliphatic carbocycles. The summed E-state index contributed by atoms with van der Waals surface area (Å²) >= 11 is 11.8. The van der Waals surface area contributed by atoms with Crippen LogP contribution in [0.15, 0.2) is 18.2 Å². The summed E-state index contributed by atoms with van der Waals surface area (Å²) in [6, 6.07) is 5.03. The predicted octanol–water partition coefficient (Wildman–Crippen LogP) is 3.79. The van der Waals surface area contributed by atoms with Crippen LogP contribution in [0.5, 0.6) is 0 Å². The lowest BCUT2D eigenvalue weighted by atomic mass is 9.70. The number of amides is 2. The van der Waals surface area contributed by atoms with E-state index in [1.807, 2.05) is 0 Å². The highest BCUT2D eigenvalue weighted by Crippen LogP contribution is 2.38. The molecule has 3 rings (SSSR count). The molecule has 21 heavy (non-hydrogen) atoms. The highest BCUT2D eigenvalue weighted by molar-refractivity contribution is 6.35. The van der Waals surface area contributed by atoms with E-state index < -0.39 is 0 Å². The second-order valence-electron chi connectivity index (χ2n) is 6.01. The summed E-state index contributed by atoms with van der Waals surface area (Å²) in [6.07, 6.45) is 5.70. The molecule has 1 spiro atoms. The first-order chi connectivity index (χ1) is 10.0. The van der Waals surface area contributed by atoms with Gasteiger partial charge in [0.2, 0.25) is 0 Å². The molecule has 0 aromatic heterocycles. The van der Waals surface area contributed by atoms with Crippen LogP contribution in [0.25, 0.3) is 0 Å². The van der Waals surface area contributed by atoms with Crippen LogP contribution in [0.1, 0.15) is 32.1 Å². The SMILES string of the molecule is O=C(Nc1cc(Cl)cc(Cl)c1)NC1CCNC2(CCC2)C1. The van der Waals surface area contributed by atoms with Gasteiger partial charge >= 0.3 is 6.03 Å². The largest absolute Gasteiger partial charge is 0.335 e. The van der Waals surface area contributed by atoms with Gasteiger partial charge in [-0.1, -0.05) is 23.2 Å². The van der Waals surface area contributed by atoms with Crippen molar-refractivity contribution in [3.05, 3.63) is 28.2 Å². The molecule has 6 heteroatoms. The molecular formula is C15H19Cl2N3O. The van der Waals surface area contributed by atoms with Gasteiger partial charge in [-0.05, 0) is 56.8 Å². The van der Waals surface area contributed by atoms with Crippen molar-refractivity contribution >= 4 is 34.9 Å². The van der Waals surface area contributed by atoms with E-state index in [0.717, 1.165) is 19.4 Å². The van der Waals surface area contributed by atoms with Crippen molar-refractivity contribution < 1.29 is 4.79 Å². The van der Waals surface area contributed by atoms with E-state index in [9.17, 15) is 4.79 Å².